The normalized spacial score (nSPS) is 22.8. The fraction of sp³-hybridized carbons (Fsp3) is 0.650. The maximum Gasteiger partial charge on any atom is 0.490 e. The number of carboxylic acids is 1. The van der Waals surface area contributed by atoms with Gasteiger partial charge in [0.25, 0.3) is 0 Å². The zero-order valence-corrected chi connectivity index (χ0v) is 17.4. The number of carboxylic acid groups (broad SMARTS) is 1. The molecule has 2 saturated heterocycles. The number of amides is 1. The van der Waals surface area contributed by atoms with Crippen molar-refractivity contribution < 1.29 is 37.3 Å². The van der Waals surface area contributed by atoms with Crippen LogP contribution in [0, 0.1) is 5.92 Å². The summed E-state index contributed by atoms with van der Waals surface area (Å²) < 4.78 is 42.8. The predicted molar refractivity (Wildman–Crippen MR) is 104 cm³/mol. The van der Waals surface area contributed by atoms with Gasteiger partial charge in [0.2, 0.25) is 5.91 Å². The van der Waals surface area contributed by atoms with Gasteiger partial charge >= 0.3 is 12.1 Å². The number of carbonyl (C=O) groups is 2. The highest BCUT2D eigenvalue weighted by Crippen LogP contribution is 2.22. The zero-order chi connectivity index (χ0) is 22.9. The number of carbonyl (C=O) groups excluding carboxylic acids is 1. The summed E-state index contributed by atoms with van der Waals surface area (Å²) in [6.07, 6.45) is -0.834. The summed E-state index contributed by atoms with van der Waals surface area (Å²) in [6, 6.07) is 4.37. The molecular formula is C20H28F3N3O5. The van der Waals surface area contributed by atoms with Gasteiger partial charge in [0.05, 0.1) is 26.4 Å². The van der Waals surface area contributed by atoms with Gasteiger partial charge in [-0.15, -0.1) is 0 Å². The molecule has 0 unspecified atom stereocenters. The van der Waals surface area contributed by atoms with Gasteiger partial charge < -0.3 is 19.5 Å². The molecule has 0 spiro atoms. The SMILES string of the molecule is C[C@@H]1[C@@H](CC(=O)N2CCOCC2)COCCN1Cc1cccnc1.O=C(O)C(F)(F)F. The van der Waals surface area contributed by atoms with Crippen molar-refractivity contribution in [2.24, 2.45) is 5.92 Å². The maximum atomic E-state index is 12.6. The van der Waals surface area contributed by atoms with Gasteiger partial charge in [-0.1, -0.05) is 6.07 Å². The number of alkyl halides is 3. The van der Waals surface area contributed by atoms with Crippen LogP contribution in [0.5, 0.6) is 0 Å². The summed E-state index contributed by atoms with van der Waals surface area (Å²) in [7, 11) is 0. The van der Waals surface area contributed by atoms with E-state index in [-0.39, 0.29) is 11.8 Å². The van der Waals surface area contributed by atoms with Crippen LogP contribution in [0.4, 0.5) is 13.2 Å². The van der Waals surface area contributed by atoms with Crippen molar-refractivity contribution in [3.63, 3.8) is 0 Å². The molecule has 174 valence electrons. The molecule has 0 radical (unpaired) electrons. The van der Waals surface area contributed by atoms with Crippen LogP contribution >= 0.6 is 0 Å². The number of nitrogens with zero attached hydrogens (tertiary/aromatic N) is 3. The van der Waals surface area contributed by atoms with Crippen molar-refractivity contribution in [3.8, 4) is 0 Å². The van der Waals surface area contributed by atoms with E-state index in [0.717, 1.165) is 13.1 Å². The summed E-state index contributed by atoms with van der Waals surface area (Å²) in [5, 5.41) is 7.12. The lowest BCUT2D eigenvalue weighted by Gasteiger charge is -2.33. The molecule has 1 N–H and O–H groups in total. The number of aromatic nitrogens is 1. The Morgan fingerprint density at radius 2 is 1.84 bits per heavy atom. The highest BCUT2D eigenvalue weighted by atomic mass is 19.4. The van der Waals surface area contributed by atoms with E-state index < -0.39 is 12.1 Å². The van der Waals surface area contributed by atoms with Gasteiger partial charge in [0, 0.05) is 57.0 Å². The minimum Gasteiger partial charge on any atom is -0.475 e. The fourth-order valence-electron chi connectivity index (χ4n) is 3.40. The highest BCUT2D eigenvalue weighted by Gasteiger charge is 2.38. The Hall–Kier alpha value is -2.24. The van der Waals surface area contributed by atoms with E-state index in [0.29, 0.717) is 52.0 Å². The number of pyridine rings is 1. The Morgan fingerprint density at radius 1 is 1.19 bits per heavy atom. The van der Waals surface area contributed by atoms with Gasteiger partial charge in [-0.05, 0) is 18.6 Å². The number of hydrogen-bond donors (Lipinski definition) is 1. The third kappa shape index (κ3) is 8.42. The molecule has 31 heavy (non-hydrogen) atoms. The van der Waals surface area contributed by atoms with E-state index in [4.69, 9.17) is 19.4 Å². The molecule has 2 aliphatic rings. The first-order chi connectivity index (χ1) is 14.7. The monoisotopic (exact) mass is 447 g/mol. The minimum atomic E-state index is -5.08. The van der Waals surface area contributed by atoms with Crippen LogP contribution in [0.25, 0.3) is 0 Å². The number of morpholine rings is 1. The fourth-order valence-corrected chi connectivity index (χ4v) is 3.40. The molecule has 0 saturated carbocycles. The van der Waals surface area contributed by atoms with E-state index in [1.165, 1.54) is 5.56 Å². The van der Waals surface area contributed by atoms with Gasteiger partial charge in [-0.25, -0.2) is 4.79 Å². The quantitative estimate of drug-likeness (QED) is 0.753. The lowest BCUT2D eigenvalue weighted by molar-refractivity contribution is -0.192. The molecule has 0 bridgehead atoms. The number of aliphatic carboxylic acids is 1. The Balaban J connectivity index is 0.000000423. The lowest BCUT2D eigenvalue weighted by atomic mass is 9.96. The van der Waals surface area contributed by atoms with Crippen molar-refractivity contribution in [1.29, 1.82) is 0 Å². The van der Waals surface area contributed by atoms with Crippen LogP contribution in [-0.4, -0.2) is 90.0 Å². The average molecular weight is 447 g/mol. The van der Waals surface area contributed by atoms with Gasteiger partial charge in [-0.3, -0.25) is 14.7 Å². The third-order valence-corrected chi connectivity index (χ3v) is 5.26. The second kappa shape index (κ2) is 12.0. The van der Waals surface area contributed by atoms with Crippen LogP contribution < -0.4 is 0 Å². The first-order valence-corrected chi connectivity index (χ1v) is 10.0. The van der Waals surface area contributed by atoms with Crippen molar-refractivity contribution in [2.45, 2.75) is 32.1 Å². The van der Waals surface area contributed by atoms with Crippen molar-refractivity contribution >= 4 is 11.9 Å². The third-order valence-electron chi connectivity index (χ3n) is 5.26. The Labute approximate surface area is 178 Å². The van der Waals surface area contributed by atoms with Crippen molar-refractivity contribution in [3.05, 3.63) is 30.1 Å². The number of ether oxygens (including phenoxy) is 2. The second-order valence-electron chi connectivity index (χ2n) is 7.41. The number of rotatable bonds is 4. The number of hydrogen-bond acceptors (Lipinski definition) is 6. The highest BCUT2D eigenvalue weighted by molar-refractivity contribution is 5.76. The van der Waals surface area contributed by atoms with Crippen LogP contribution in [0.15, 0.2) is 24.5 Å². The molecule has 2 aliphatic heterocycles. The van der Waals surface area contributed by atoms with E-state index in [2.05, 4.69) is 22.9 Å². The summed E-state index contributed by atoms with van der Waals surface area (Å²) in [6.45, 7) is 8.03. The Morgan fingerprint density at radius 3 is 2.42 bits per heavy atom. The molecule has 1 aromatic heterocycles. The van der Waals surface area contributed by atoms with E-state index in [9.17, 15) is 18.0 Å². The van der Waals surface area contributed by atoms with E-state index >= 15 is 0 Å². The maximum absolute atomic E-state index is 12.6. The molecule has 8 nitrogen and oxygen atoms in total. The predicted octanol–water partition coefficient (Wildman–Crippen LogP) is 1.80. The van der Waals surface area contributed by atoms with Crippen molar-refractivity contribution in [1.82, 2.24) is 14.8 Å². The van der Waals surface area contributed by atoms with E-state index in [1.54, 1.807) is 6.20 Å². The van der Waals surface area contributed by atoms with Crippen molar-refractivity contribution in [2.75, 3.05) is 46.1 Å². The van der Waals surface area contributed by atoms with Crippen LogP contribution in [0.3, 0.4) is 0 Å². The summed E-state index contributed by atoms with van der Waals surface area (Å²) >= 11 is 0. The molecule has 0 aromatic carbocycles. The molecule has 2 atom stereocenters. The van der Waals surface area contributed by atoms with Gasteiger partial charge in [0.15, 0.2) is 0 Å². The number of halogens is 3. The first-order valence-electron chi connectivity index (χ1n) is 10.0. The van der Waals surface area contributed by atoms with Crippen LogP contribution in [0.1, 0.15) is 18.9 Å². The molecule has 0 aliphatic carbocycles. The molecule has 3 heterocycles. The molecule has 2 fully saturated rings. The standard InChI is InChI=1S/C18H27N3O3.C2HF3O2/c1-15-17(11-18(22)20-5-8-23-9-6-20)14-24-10-7-21(15)13-16-3-2-4-19-12-16;3-2(4,5)1(6)7/h2-4,12,15,17H,5-11,13-14H2,1H3;(H,6,7)/t15-,17+;/m1./s1. The second-order valence-corrected chi connectivity index (χ2v) is 7.41. The average Bonchev–Trinajstić information content (AvgIpc) is 2.91. The van der Waals surface area contributed by atoms with Gasteiger partial charge in [-0.2, -0.15) is 13.2 Å². The Bertz CT molecular complexity index is 699. The largest absolute Gasteiger partial charge is 0.490 e. The van der Waals surface area contributed by atoms with Crippen LogP contribution in [0.2, 0.25) is 0 Å². The molecular weight excluding hydrogens is 419 g/mol. The molecule has 3 rings (SSSR count). The molecule has 1 amide bonds. The summed E-state index contributed by atoms with van der Waals surface area (Å²) in [5.41, 5.74) is 1.20. The first kappa shape index (κ1) is 25.0. The lowest BCUT2D eigenvalue weighted by Crippen LogP contribution is -2.44. The minimum absolute atomic E-state index is 0.222. The summed E-state index contributed by atoms with van der Waals surface area (Å²) in [4.78, 5) is 30.0. The van der Waals surface area contributed by atoms with Crippen LogP contribution in [-0.2, 0) is 25.6 Å². The smallest absolute Gasteiger partial charge is 0.475 e. The molecule has 1 aromatic rings. The summed E-state index contributed by atoms with van der Waals surface area (Å²) in [5.74, 6) is -2.31. The van der Waals surface area contributed by atoms with E-state index in [1.807, 2.05) is 17.2 Å². The topological polar surface area (TPSA) is 92.2 Å². The zero-order valence-electron chi connectivity index (χ0n) is 17.4. The molecule has 11 heteroatoms. The van der Waals surface area contributed by atoms with Gasteiger partial charge in [0.1, 0.15) is 0 Å². The Kier molecular flexibility index (Phi) is 9.66.